The fourth-order valence-electron chi connectivity index (χ4n) is 1.87. The molecule has 1 aromatic rings. The van der Waals surface area contributed by atoms with E-state index in [9.17, 15) is 0 Å². The van der Waals surface area contributed by atoms with E-state index in [0.29, 0.717) is 0 Å². The first-order valence-electron chi connectivity index (χ1n) is 6.88. The van der Waals surface area contributed by atoms with Crippen molar-refractivity contribution in [2.24, 2.45) is 0 Å². The Hall–Kier alpha value is -0.210. The molecule has 0 aromatic carbocycles. The molecule has 0 aliphatic heterocycles. The van der Waals surface area contributed by atoms with Crippen LogP contribution in [0.1, 0.15) is 56.6 Å². The normalized spacial score (nSPS) is 10.1. The molecule has 0 radical (unpaired) electrons. The van der Waals surface area contributed by atoms with Crippen LogP contribution in [0.3, 0.4) is 0 Å². The number of unbranched alkanes of at least 4 members (excludes halogenated alkanes) is 5. The quantitative estimate of drug-likeness (QED) is 0.627. The molecule has 0 aliphatic rings. The van der Waals surface area contributed by atoms with Crippen LogP contribution >= 0.6 is 11.8 Å². The van der Waals surface area contributed by atoms with Gasteiger partial charge in [0.2, 0.25) is 0 Å². The van der Waals surface area contributed by atoms with Gasteiger partial charge in [0.1, 0.15) is 0 Å². The maximum absolute atomic E-state index is 3.12. The number of aryl methyl sites for hydroxylation is 1. The van der Waals surface area contributed by atoms with Crippen molar-refractivity contribution in [3.63, 3.8) is 0 Å². The highest BCUT2D eigenvalue weighted by Gasteiger charge is 2.00. The predicted molar refractivity (Wildman–Crippen MR) is 77.3 cm³/mol. The second-order valence-corrected chi connectivity index (χ2v) is 5.78. The number of hydrogen-bond donors (Lipinski definition) is 0. The molecule has 18 heavy (non-hydrogen) atoms. The van der Waals surface area contributed by atoms with Crippen molar-refractivity contribution in [2.75, 3.05) is 5.75 Å². The van der Waals surface area contributed by atoms with Gasteiger partial charge in [-0.1, -0.05) is 39.0 Å². The van der Waals surface area contributed by atoms with E-state index < -0.39 is 0 Å². The van der Waals surface area contributed by atoms with Crippen molar-refractivity contribution in [1.29, 1.82) is 0 Å². The summed E-state index contributed by atoms with van der Waals surface area (Å²) in [7, 11) is 0. The lowest BCUT2D eigenvalue weighted by molar-refractivity contribution is -0.378. The minimum Gasteiger partial charge on any atom is -1.00 e. The van der Waals surface area contributed by atoms with E-state index in [4.69, 9.17) is 0 Å². The average molecular weight is 288 g/mol. The lowest BCUT2D eigenvalue weighted by Crippen LogP contribution is -3.00. The molecular weight excluding hydrogens is 262 g/mol. The van der Waals surface area contributed by atoms with Gasteiger partial charge < -0.3 is 12.4 Å². The van der Waals surface area contributed by atoms with Gasteiger partial charge in [-0.3, -0.25) is 0 Å². The Balaban J connectivity index is 0.00000289. The standard InChI is InChI=1S/C15H25NS.ClH/c1-3-4-5-6-7-8-11-17-13-15-9-10-16-12-14(15)2;/h9-10,12H,3-8,11,13H2,1-2H3;1H. The minimum absolute atomic E-state index is 0. The van der Waals surface area contributed by atoms with Gasteiger partial charge in [0.05, 0.1) is 0 Å². The summed E-state index contributed by atoms with van der Waals surface area (Å²) < 4.78 is 0. The number of nitrogens with one attached hydrogen (secondary N) is 1. The number of aromatic amines is 1. The molecule has 0 spiro atoms. The number of pyridine rings is 1. The van der Waals surface area contributed by atoms with E-state index in [0.717, 1.165) is 5.75 Å². The first-order valence-corrected chi connectivity index (χ1v) is 8.03. The van der Waals surface area contributed by atoms with E-state index in [1.54, 1.807) is 0 Å². The van der Waals surface area contributed by atoms with Gasteiger partial charge in [0.15, 0.2) is 12.4 Å². The largest absolute Gasteiger partial charge is 1.00 e. The van der Waals surface area contributed by atoms with Gasteiger partial charge >= 0.3 is 0 Å². The molecule has 0 saturated carbocycles. The second-order valence-electron chi connectivity index (χ2n) is 4.67. The number of H-pyrrole nitrogens is 1. The second kappa shape index (κ2) is 11.9. The molecular formula is C15H26ClNS. The fourth-order valence-corrected chi connectivity index (χ4v) is 2.97. The van der Waals surface area contributed by atoms with Crippen LogP contribution < -0.4 is 17.4 Å². The zero-order valence-corrected chi connectivity index (χ0v) is 13.2. The average Bonchev–Trinajstić information content (AvgIpc) is 2.35. The molecule has 0 amide bonds. The lowest BCUT2D eigenvalue weighted by atomic mass is 10.1. The topological polar surface area (TPSA) is 14.1 Å². The third kappa shape index (κ3) is 7.99. The molecule has 1 N–H and O–H groups in total. The van der Waals surface area contributed by atoms with Crippen molar-refractivity contribution in [3.8, 4) is 0 Å². The molecule has 3 heteroatoms. The summed E-state index contributed by atoms with van der Waals surface area (Å²) >= 11 is 2.07. The SMILES string of the molecule is CCCCCCCCSCc1cc[nH+]cc1C.[Cl-]. The van der Waals surface area contributed by atoms with Gasteiger partial charge in [-0.2, -0.15) is 11.8 Å². The summed E-state index contributed by atoms with van der Waals surface area (Å²) in [5.41, 5.74) is 2.85. The first-order chi connectivity index (χ1) is 8.34. The van der Waals surface area contributed by atoms with E-state index in [2.05, 4.69) is 42.9 Å². The molecule has 1 heterocycles. The summed E-state index contributed by atoms with van der Waals surface area (Å²) in [5.74, 6) is 2.47. The van der Waals surface area contributed by atoms with Gasteiger partial charge in [0.25, 0.3) is 0 Å². The zero-order valence-electron chi connectivity index (χ0n) is 11.7. The van der Waals surface area contributed by atoms with Crippen molar-refractivity contribution in [3.05, 3.63) is 29.6 Å². The van der Waals surface area contributed by atoms with Crippen LogP contribution in [0.4, 0.5) is 0 Å². The summed E-state index contributed by atoms with van der Waals surface area (Å²) in [4.78, 5) is 3.12. The van der Waals surface area contributed by atoms with Gasteiger partial charge in [-0.15, -0.1) is 0 Å². The molecule has 0 unspecified atom stereocenters. The molecule has 0 fully saturated rings. The van der Waals surface area contributed by atoms with Crippen LogP contribution in [-0.4, -0.2) is 5.75 Å². The monoisotopic (exact) mass is 287 g/mol. The third-order valence-electron chi connectivity index (χ3n) is 3.09. The summed E-state index contributed by atoms with van der Waals surface area (Å²) in [6, 6.07) is 2.20. The number of hydrogen-bond acceptors (Lipinski definition) is 1. The highest BCUT2D eigenvalue weighted by atomic mass is 35.5. The van der Waals surface area contributed by atoms with Crippen molar-refractivity contribution in [1.82, 2.24) is 0 Å². The molecule has 0 bridgehead atoms. The molecule has 104 valence electrons. The highest BCUT2D eigenvalue weighted by molar-refractivity contribution is 7.98. The van der Waals surface area contributed by atoms with Crippen molar-refractivity contribution < 1.29 is 17.4 Å². The van der Waals surface area contributed by atoms with Crippen molar-refractivity contribution >= 4 is 11.8 Å². The molecule has 0 aliphatic carbocycles. The highest BCUT2D eigenvalue weighted by Crippen LogP contribution is 2.16. The van der Waals surface area contributed by atoms with E-state index >= 15 is 0 Å². The summed E-state index contributed by atoms with van der Waals surface area (Å²) in [6.45, 7) is 4.45. The van der Waals surface area contributed by atoms with Crippen LogP contribution in [0.2, 0.25) is 0 Å². The first kappa shape index (κ1) is 17.8. The van der Waals surface area contributed by atoms with Crippen LogP contribution in [-0.2, 0) is 5.75 Å². The number of rotatable bonds is 9. The molecule has 0 saturated heterocycles. The lowest BCUT2D eigenvalue weighted by Gasteiger charge is -2.03. The third-order valence-corrected chi connectivity index (χ3v) is 4.18. The molecule has 1 rings (SSSR count). The molecule has 1 nitrogen and oxygen atoms in total. The Morgan fingerprint density at radius 2 is 1.83 bits per heavy atom. The van der Waals surface area contributed by atoms with Crippen LogP contribution in [0.15, 0.2) is 18.5 Å². The van der Waals surface area contributed by atoms with E-state index in [-0.39, 0.29) is 12.4 Å². The van der Waals surface area contributed by atoms with Crippen LogP contribution in [0.5, 0.6) is 0 Å². The van der Waals surface area contributed by atoms with Gasteiger partial charge in [0, 0.05) is 17.4 Å². The summed E-state index contributed by atoms with van der Waals surface area (Å²) in [5, 5.41) is 0. The number of aromatic nitrogens is 1. The Bertz CT molecular complexity index is 304. The van der Waals surface area contributed by atoms with Crippen molar-refractivity contribution in [2.45, 2.75) is 58.1 Å². The van der Waals surface area contributed by atoms with E-state index in [1.165, 1.54) is 55.4 Å². The Morgan fingerprint density at radius 3 is 2.56 bits per heavy atom. The van der Waals surface area contributed by atoms with Crippen LogP contribution in [0, 0.1) is 6.92 Å². The maximum atomic E-state index is 3.12. The number of thioether (sulfide) groups is 1. The smallest absolute Gasteiger partial charge is 0.170 e. The molecule has 0 atom stereocenters. The zero-order chi connectivity index (χ0) is 12.3. The van der Waals surface area contributed by atoms with Gasteiger partial charge in [-0.05, 0) is 24.7 Å². The predicted octanol–water partition coefficient (Wildman–Crippen LogP) is 1.41. The van der Waals surface area contributed by atoms with Crippen LogP contribution in [0.25, 0.3) is 0 Å². The fraction of sp³-hybridized carbons (Fsp3) is 0.667. The Morgan fingerprint density at radius 1 is 1.11 bits per heavy atom. The Kier molecular flexibility index (Phi) is 11.7. The number of halogens is 1. The van der Waals surface area contributed by atoms with E-state index in [1.807, 2.05) is 6.20 Å². The Labute approximate surface area is 123 Å². The maximum Gasteiger partial charge on any atom is 0.170 e. The van der Waals surface area contributed by atoms with Gasteiger partial charge in [-0.25, -0.2) is 4.98 Å². The molecule has 1 aromatic heterocycles. The minimum atomic E-state index is 0. The summed E-state index contributed by atoms with van der Waals surface area (Å²) in [6.07, 6.45) is 12.5.